The van der Waals surface area contributed by atoms with E-state index in [2.05, 4.69) is 130 Å². The van der Waals surface area contributed by atoms with E-state index in [1.807, 2.05) is 50.2 Å². The number of aryl methyl sites for hydroxylation is 1. The van der Waals surface area contributed by atoms with Crippen molar-refractivity contribution in [1.29, 1.82) is 0 Å². The smallest absolute Gasteiger partial charge is 0.211 e. The fraction of sp³-hybridized carbons (Fsp3) is 0.130. The van der Waals surface area contributed by atoms with E-state index in [4.69, 9.17) is 0 Å². The number of nitrogens with zero attached hydrogens (tertiary/aromatic N) is 4. The summed E-state index contributed by atoms with van der Waals surface area (Å²) >= 11 is 0. The lowest BCUT2D eigenvalue weighted by Crippen LogP contribution is -2.46. The van der Waals surface area contributed by atoms with Crippen LogP contribution in [0.5, 0.6) is 0 Å². The zero-order valence-corrected chi connectivity index (χ0v) is 32.6. The lowest BCUT2D eigenvalue weighted by atomic mass is 9.98. The molecule has 266 valence electrons. The maximum atomic E-state index is 16.2. The highest BCUT2D eigenvalue weighted by atomic mass is 31.2. The Morgan fingerprint density at radius 3 is 1.48 bits per heavy atom. The number of rotatable bonds is 7. The highest BCUT2D eigenvalue weighted by molar-refractivity contribution is 7.80. The number of hydrogen-bond donors (Lipinski definition) is 0. The van der Waals surface area contributed by atoms with Crippen LogP contribution in [0.2, 0.25) is 0 Å². The molecule has 9 rings (SSSR count). The summed E-state index contributed by atoms with van der Waals surface area (Å²) in [4.78, 5) is 10.6. The minimum Gasteiger partial charge on any atom is -0.314 e. The molecule has 0 spiro atoms. The van der Waals surface area contributed by atoms with Gasteiger partial charge in [0.1, 0.15) is 7.14 Å². The molecule has 7 aromatic rings. The van der Waals surface area contributed by atoms with E-state index in [0.717, 1.165) is 88.4 Å². The first-order valence-corrected chi connectivity index (χ1v) is 22.2. The minimum absolute atomic E-state index is 0.611. The lowest BCUT2D eigenvalue weighted by Gasteiger charge is -2.46. The molecule has 2 atom stereocenters. The lowest BCUT2D eigenvalue weighted by molar-refractivity contribution is 0.458. The second kappa shape index (κ2) is 13.2. The summed E-state index contributed by atoms with van der Waals surface area (Å²) in [5.74, 6) is 0. The van der Waals surface area contributed by atoms with E-state index >= 15 is 9.13 Å². The maximum Gasteiger partial charge on any atom is 0.211 e. The summed E-state index contributed by atoms with van der Waals surface area (Å²) in [6.07, 6.45) is 7.23. The highest BCUT2D eigenvalue weighted by Gasteiger charge is 2.49. The number of pyridine rings is 2. The van der Waals surface area contributed by atoms with Gasteiger partial charge in [-0.25, -0.2) is 4.67 Å². The van der Waals surface area contributed by atoms with Crippen LogP contribution < -0.4 is 26.1 Å². The Hall–Kier alpha value is -5.38. The van der Waals surface area contributed by atoms with Gasteiger partial charge in [0, 0.05) is 48.5 Å². The van der Waals surface area contributed by atoms with Crippen LogP contribution in [-0.2, 0) is 9.13 Å². The van der Waals surface area contributed by atoms with Crippen molar-refractivity contribution in [2.75, 3.05) is 24.7 Å². The van der Waals surface area contributed by atoms with Gasteiger partial charge >= 0.3 is 0 Å². The molecule has 0 fully saturated rings. The van der Waals surface area contributed by atoms with E-state index in [1.165, 1.54) is 0 Å². The molecular formula is C46H40N4O2P2. The van der Waals surface area contributed by atoms with Gasteiger partial charge in [-0.05, 0) is 136 Å². The molecule has 0 saturated carbocycles. The topological polar surface area (TPSA) is 66.4 Å². The molecule has 0 amide bonds. The Kier molecular flexibility index (Phi) is 8.39. The number of hydrogen-bond acceptors (Lipinski definition) is 5. The first kappa shape index (κ1) is 34.4. The molecule has 0 saturated heterocycles. The van der Waals surface area contributed by atoms with Crippen LogP contribution in [0.3, 0.4) is 0 Å². The largest absolute Gasteiger partial charge is 0.314 e. The minimum atomic E-state index is -3.39. The summed E-state index contributed by atoms with van der Waals surface area (Å²) < 4.78 is 33.7. The molecule has 0 aliphatic carbocycles. The standard InChI is InChI=1S/C46H40N4O2P2/c1-5-49(6-2)54(52)43-30-39(37-12-8-10-35(28-37)33-19-23-48-24-20-33)14-16-41(43)50-40-15-13-38(36-11-7-9-34(27-36)32-17-21-47-22-18-32)29-42(40)53(4,51)44-25-31(3)26-45(54)46(44)50/h7-30H,5-6H2,1-4H3. The third-order valence-electron chi connectivity index (χ3n) is 11.0. The van der Waals surface area contributed by atoms with Crippen LogP contribution in [0, 0.1) is 6.92 Å². The maximum absolute atomic E-state index is 16.2. The van der Waals surface area contributed by atoms with Crippen molar-refractivity contribution >= 4 is 52.7 Å². The number of benzene rings is 5. The average Bonchev–Trinajstić information content (AvgIpc) is 3.22. The molecule has 0 bridgehead atoms. The third kappa shape index (κ3) is 5.35. The van der Waals surface area contributed by atoms with Crippen molar-refractivity contribution in [3.05, 3.63) is 152 Å². The van der Waals surface area contributed by atoms with Crippen molar-refractivity contribution in [2.45, 2.75) is 20.8 Å². The zero-order chi connectivity index (χ0) is 37.2. The van der Waals surface area contributed by atoms with E-state index in [0.29, 0.717) is 13.1 Å². The monoisotopic (exact) mass is 742 g/mol. The van der Waals surface area contributed by atoms with Crippen molar-refractivity contribution in [3.63, 3.8) is 0 Å². The molecule has 2 aliphatic rings. The fourth-order valence-corrected chi connectivity index (χ4v) is 14.1. The highest BCUT2D eigenvalue weighted by Crippen LogP contribution is 2.62. The van der Waals surface area contributed by atoms with Gasteiger partial charge in [0.05, 0.1) is 27.7 Å². The van der Waals surface area contributed by atoms with Gasteiger partial charge in [0.25, 0.3) is 0 Å². The van der Waals surface area contributed by atoms with Crippen LogP contribution in [0.4, 0.5) is 17.1 Å². The Balaban J connectivity index is 1.26. The Morgan fingerprint density at radius 2 is 0.963 bits per heavy atom. The summed E-state index contributed by atoms with van der Waals surface area (Å²) in [5.41, 5.74) is 12.0. The third-order valence-corrected chi connectivity index (χ3v) is 16.9. The van der Waals surface area contributed by atoms with Gasteiger partial charge in [-0.1, -0.05) is 62.4 Å². The van der Waals surface area contributed by atoms with Gasteiger partial charge in [-0.3, -0.25) is 14.5 Å². The van der Waals surface area contributed by atoms with Crippen molar-refractivity contribution < 1.29 is 9.13 Å². The van der Waals surface area contributed by atoms with Crippen molar-refractivity contribution in [2.24, 2.45) is 0 Å². The van der Waals surface area contributed by atoms with Crippen molar-refractivity contribution in [1.82, 2.24) is 14.6 Å². The second-order valence-corrected chi connectivity index (χ2v) is 19.7. The van der Waals surface area contributed by atoms with Crippen LogP contribution in [0.25, 0.3) is 44.5 Å². The van der Waals surface area contributed by atoms with E-state index in [9.17, 15) is 0 Å². The molecule has 5 aromatic carbocycles. The molecule has 2 aromatic heterocycles. The molecule has 0 N–H and O–H groups in total. The van der Waals surface area contributed by atoms with Crippen molar-refractivity contribution in [3.8, 4) is 44.5 Å². The average molecular weight is 743 g/mol. The first-order chi connectivity index (χ1) is 26.2. The molecule has 2 unspecified atom stereocenters. The van der Waals surface area contributed by atoms with E-state index in [-0.39, 0.29) is 0 Å². The normalized spacial score (nSPS) is 18.2. The summed E-state index contributed by atoms with van der Waals surface area (Å²) in [5, 5.41) is 3.13. The van der Waals surface area contributed by atoms with Gasteiger partial charge in [-0.2, -0.15) is 0 Å². The second-order valence-electron chi connectivity index (χ2n) is 14.2. The molecule has 6 nitrogen and oxygen atoms in total. The fourth-order valence-electron chi connectivity index (χ4n) is 8.30. The zero-order valence-electron chi connectivity index (χ0n) is 30.8. The van der Waals surface area contributed by atoms with Crippen LogP contribution in [0.15, 0.2) is 146 Å². The van der Waals surface area contributed by atoms with Gasteiger partial charge in [-0.15, -0.1) is 0 Å². The van der Waals surface area contributed by atoms with E-state index in [1.54, 1.807) is 12.4 Å². The van der Waals surface area contributed by atoms with Gasteiger partial charge in [0.15, 0.2) is 0 Å². The van der Waals surface area contributed by atoms with Crippen LogP contribution >= 0.6 is 14.4 Å². The number of aromatic nitrogens is 2. The summed E-state index contributed by atoms with van der Waals surface area (Å²) in [6.45, 7) is 9.28. The predicted octanol–water partition coefficient (Wildman–Crippen LogP) is 10.1. The van der Waals surface area contributed by atoms with E-state index < -0.39 is 14.4 Å². The van der Waals surface area contributed by atoms with Gasteiger partial charge < -0.3 is 9.46 Å². The first-order valence-electron chi connectivity index (χ1n) is 18.4. The number of fused-ring (bicyclic) bond motifs is 4. The number of anilines is 3. The van der Waals surface area contributed by atoms with Crippen LogP contribution in [-0.4, -0.2) is 34.4 Å². The Morgan fingerprint density at radius 1 is 0.519 bits per heavy atom. The summed E-state index contributed by atoms with van der Waals surface area (Å²) in [7, 11) is -6.55. The molecule has 2 aliphatic heterocycles. The molecule has 54 heavy (non-hydrogen) atoms. The Bertz CT molecular complexity index is 2690. The predicted molar refractivity (Wildman–Crippen MR) is 226 cm³/mol. The molecule has 4 heterocycles. The Labute approximate surface area is 317 Å². The quantitative estimate of drug-likeness (QED) is 0.152. The molecular weight excluding hydrogens is 702 g/mol. The van der Waals surface area contributed by atoms with Gasteiger partial charge in [0.2, 0.25) is 7.29 Å². The summed E-state index contributed by atoms with van der Waals surface area (Å²) in [6, 6.07) is 41.9. The molecule has 0 radical (unpaired) electrons. The molecule has 8 heteroatoms. The SMILES string of the molecule is CCN(CC)P1(=O)c2cc(-c3cccc(-c4ccncc4)c3)ccc2N2c3ccc(-c4cccc(-c5ccncc5)c4)cc3P(C)(=O)c3cc(C)cc1c32. The van der Waals surface area contributed by atoms with Crippen LogP contribution in [0.1, 0.15) is 19.4 Å².